The van der Waals surface area contributed by atoms with E-state index < -0.39 is 0 Å². The number of nitrogens with zero attached hydrogens (tertiary/aromatic N) is 2. The molecule has 5 nitrogen and oxygen atoms in total. The van der Waals surface area contributed by atoms with Crippen molar-refractivity contribution in [3.8, 4) is 0 Å². The van der Waals surface area contributed by atoms with Crippen LogP contribution in [0.3, 0.4) is 0 Å². The maximum atomic E-state index is 12.2. The third-order valence-corrected chi connectivity index (χ3v) is 3.89. The molecule has 2 aliphatic rings. The second-order valence-corrected chi connectivity index (χ2v) is 5.04. The number of imide groups is 1. The number of benzene rings is 1. The standard InChI is InChI=1S/C14H14N2O3/c17-13-11-6-10(15-19)7-12(11)14(18)16(13)8-9-4-2-1-3-5-9/h1-5,11-12,19H,6-8H2/t11-,12+. The van der Waals surface area contributed by atoms with Gasteiger partial charge in [0.2, 0.25) is 11.8 Å². The van der Waals surface area contributed by atoms with E-state index in [1.807, 2.05) is 30.3 Å². The van der Waals surface area contributed by atoms with Crippen LogP contribution in [0, 0.1) is 11.8 Å². The van der Waals surface area contributed by atoms with Crippen LogP contribution in [0.15, 0.2) is 35.5 Å². The zero-order valence-corrected chi connectivity index (χ0v) is 10.3. The number of hydrogen-bond donors (Lipinski definition) is 1. The Labute approximate surface area is 110 Å². The molecule has 0 spiro atoms. The molecule has 0 aromatic heterocycles. The van der Waals surface area contributed by atoms with Crippen LogP contribution in [0.1, 0.15) is 18.4 Å². The first-order valence-corrected chi connectivity index (χ1v) is 6.29. The van der Waals surface area contributed by atoms with Crippen LogP contribution in [0.2, 0.25) is 0 Å². The van der Waals surface area contributed by atoms with Gasteiger partial charge < -0.3 is 5.21 Å². The number of carbonyl (C=O) groups excluding carboxylic acids is 2. The van der Waals surface area contributed by atoms with Crippen molar-refractivity contribution < 1.29 is 14.8 Å². The normalized spacial score (nSPS) is 28.2. The highest BCUT2D eigenvalue weighted by Crippen LogP contribution is 2.39. The summed E-state index contributed by atoms with van der Waals surface area (Å²) in [5, 5.41) is 11.9. The SMILES string of the molecule is O=C1[C@H]2CC(=NO)C[C@H]2C(=O)N1Cc1ccccc1. The lowest BCUT2D eigenvalue weighted by Gasteiger charge is -2.15. The van der Waals surface area contributed by atoms with Crippen LogP contribution in [0.25, 0.3) is 0 Å². The number of rotatable bonds is 2. The minimum Gasteiger partial charge on any atom is -0.411 e. The Morgan fingerprint density at radius 3 is 2.21 bits per heavy atom. The van der Waals surface area contributed by atoms with Gasteiger partial charge in [0.15, 0.2) is 0 Å². The van der Waals surface area contributed by atoms with Gasteiger partial charge in [-0.25, -0.2) is 0 Å². The molecule has 1 heterocycles. The third-order valence-electron chi connectivity index (χ3n) is 3.89. The molecule has 2 atom stereocenters. The summed E-state index contributed by atoms with van der Waals surface area (Å²) in [5.74, 6) is -0.945. The largest absolute Gasteiger partial charge is 0.411 e. The van der Waals surface area contributed by atoms with Gasteiger partial charge in [0.05, 0.1) is 24.1 Å². The Morgan fingerprint density at radius 1 is 1.11 bits per heavy atom. The minimum atomic E-state index is -0.331. The molecule has 1 aliphatic carbocycles. The van der Waals surface area contributed by atoms with Crippen LogP contribution >= 0.6 is 0 Å². The number of carbonyl (C=O) groups is 2. The predicted molar refractivity (Wildman–Crippen MR) is 67.4 cm³/mol. The molecule has 1 N–H and O–H groups in total. The molecule has 0 unspecified atom stereocenters. The summed E-state index contributed by atoms with van der Waals surface area (Å²) in [6, 6.07) is 9.47. The van der Waals surface area contributed by atoms with Gasteiger partial charge in [0.1, 0.15) is 0 Å². The van der Waals surface area contributed by atoms with Crippen LogP contribution in [-0.2, 0) is 16.1 Å². The topological polar surface area (TPSA) is 70.0 Å². The molecule has 0 bridgehead atoms. The van der Waals surface area contributed by atoms with E-state index in [0.29, 0.717) is 25.1 Å². The number of oxime groups is 1. The van der Waals surface area contributed by atoms with Crippen molar-refractivity contribution in [2.75, 3.05) is 0 Å². The minimum absolute atomic E-state index is 0.141. The summed E-state index contributed by atoms with van der Waals surface area (Å²) < 4.78 is 0. The van der Waals surface area contributed by atoms with Crippen molar-refractivity contribution >= 4 is 17.5 Å². The van der Waals surface area contributed by atoms with Crippen molar-refractivity contribution in [1.29, 1.82) is 0 Å². The quantitative estimate of drug-likeness (QED) is 0.495. The number of likely N-dealkylation sites (tertiary alicyclic amines) is 1. The van der Waals surface area contributed by atoms with E-state index in [9.17, 15) is 9.59 Å². The lowest BCUT2D eigenvalue weighted by Crippen LogP contribution is -2.31. The van der Waals surface area contributed by atoms with E-state index in [-0.39, 0.29) is 23.7 Å². The van der Waals surface area contributed by atoms with Crippen molar-refractivity contribution in [2.45, 2.75) is 19.4 Å². The van der Waals surface area contributed by atoms with Gasteiger partial charge in [-0.3, -0.25) is 14.5 Å². The third kappa shape index (κ3) is 1.91. The zero-order valence-electron chi connectivity index (χ0n) is 10.3. The van der Waals surface area contributed by atoms with E-state index in [1.54, 1.807) is 0 Å². The summed E-state index contributed by atoms with van der Waals surface area (Å²) in [4.78, 5) is 25.8. The molecule has 0 radical (unpaired) electrons. The van der Waals surface area contributed by atoms with E-state index in [2.05, 4.69) is 5.16 Å². The van der Waals surface area contributed by atoms with Gasteiger partial charge >= 0.3 is 0 Å². The Morgan fingerprint density at radius 2 is 1.68 bits per heavy atom. The first-order valence-electron chi connectivity index (χ1n) is 6.29. The summed E-state index contributed by atoms with van der Waals surface area (Å²) in [5.41, 5.74) is 1.50. The van der Waals surface area contributed by atoms with Gasteiger partial charge in [-0.1, -0.05) is 35.5 Å². The van der Waals surface area contributed by atoms with E-state index in [0.717, 1.165) is 5.56 Å². The van der Waals surface area contributed by atoms with Gasteiger partial charge in [0, 0.05) is 12.8 Å². The molecule has 2 fully saturated rings. The van der Waals surface area contributed by atoms with Crippen molar-refractivity contribution in [3.63, 3.8) is 0 Å². The number of hydrogen-bond acceptors (Lipinski definition) is 4. The van der Waals surface area contributed by atoms with Crippen molar-refractivity contribution in [3.05, 3.63) is 35.9 Å². The fourth-order valence-electron chi connectivity index (χ4n) is 2.91. The predicted octanol–water partition coefficient (Wildman–Crippen LogP) is 1.41. The van der Waals surface area contributed by atoms with E-state index in [4.69, 9.17) is 5.21 Å². The molecule has 1 aromatic rings. The second-order valence-electron chi connectivity index (χ2n) is 5.04. The maximum absolute atomic E-state index is 12.2. The molecule has 1 aromatic carbocycles. The molecule has 1 saturated carbocycles. The first-order chi connectivity index (χ1) is 9.20. The fourth-order valence-corrected chi connectivity index (χ4v) is 2.91. The monoisotopic (exact) mass is 258 g/mol. The molecule has 3 rings (SSSR count). The molecule has 1 saturated heterocycles. The number of fused-ring (bicyclic) bond motifs is 1. The summed E-state index contributed by atoms with van der Waals surface area (Å²) in [6.07, 6.45) is 0.800. The highest BCUT2D eigenvalue weighted by Gasteiger charge is 2.51. The summed E-state index contributed by atoms with van der Waals surface area (Å²) in [7, 11) is 0. The van der Waals surface area contributed by atoms with Gasteiger partial charge in [0.25, 0.3) is 0 Å². The van der Waals surface area contributed by atoms with Crippen molar-refractivity contribution in [2.24, 2.45) is 17.0 Å². The van der Waals surface area contributed by atoms with E-state index >= 15 is 0 Å². The summed E-state index contributed by atoms with van der Waals surface area (Å²) in [6.45, 7) is 0.330. The molecule has 19 heavy (non-hydrogen) atoms. The molecule has 1 aliphatic heterocycles. The highest BCUT2D eigenvalue weighted by atomic mass is 16.4. The Bertz CT molecular complexity index is 527. The summed E-state index contributed by atoms with van der Waals surface area (Å²) >= 11 is 0. The maximum Gasteiger partial charge on any atom is 0.233 e. The smallest absolute Gasteiger partial charge is 0.233 e. The van der Waals surface area contributed by atoms with Crippen LogP contribution in [0.4, 0.5) is 0 Å². The van der Waals surface area contributed by atoms with Gasteiger partial charge in [-0.2, -0.15) is 0 Å². The second kappa shape index (κ2) is 4.50. The van der Waals surface area contributed by atoms with Crippen LogP contribution in [0.5, 0.6) is 0 Å². The molecule has 5 heteroatoms. The lowest BCUT2D eigenvalue weighted by atomic mass is 10.00. The van der Waals surface area contributed by atoms with Gasteiger partial charge in [-0.15, -0.1) is 0 Å². The average molecular weight is 258 g/mol. The molecular formula is C14H14N2O3. The van der Waals surface area contributed by atoms with Crippen LogP contribution in [-0.4, -0.2) is 27.6 Å². The Kier molecular flexibility index (Phi) is 2.81. The van der Waals surface area contributed by atoms with E-state index in [1.165, 1.54) is 4.90 Å². The zero-order chi connectivity index (χ0) is 13.4. The van der Waals surface area contributed by atoms with Gasteiger partial charge in [-0.05, 0) is 5.56 Å². The molecule has 98 valence electrons. The Hall–Kier alpha value is -2.17. The molecular weight excluding hydrogens is 244 g/mol. The fraction of sp³-hybridized carbons (Fsp3) is 0.357. The first kappa shape index (κ1) is 11.9. The number of amides is 2. The highest BCUT2D eigenvalue weighted by molar-refractivity contribution is 6.10. The Balaban J connectivity index is 1.80. The average Bonchev–Trinajstić information content (AvgIpc) is 2.96. The lowest BCUT2D eigenvalue weighted by molar-refractivity contribution is -0.140. The molecule has 2 amide bonds. The van der Waals surface area contributed by atoms with Crippen LogP contribution < -0.4 is 0 Å². The van der Waals surface area contributed by atoms with Crippen molar-refractivity contribution in [1.82, 2.24) is 4.90 Å².